The summed E-state index contributed by atoms with van der Waals surface area (Å²) in [6.45, 7) is 5.39. The quantitative estimate of drug-likeness (QED) is 0.765. The normalized spacial score (nSPS) is 10.4. The molecule has 1 N–H and O–H groups in total. The van der Waals surface area contributed by atoms with Crippen LogP contribution in [0.5, 0.6) is 0 Å². The highest BCUT2D eigenvalue weighted by Gasteiger charge is 2.09. The monoisotopic (exact) mass is 213 g/mol. The molecule has 1 amide bonds. The number of aromatic nitrogens is 2. The summed E-state index contributed by atoms with van der Waals surface area (Å²) in [5.74, 6) is 0.0401. The van der Waals surface area contributed by atoms with Gasteiger partial charge in [-0.15, -0.1) is 0 Å². The fraction of sp³-hybridized carbons (Fsp3) is 0.444. The molecule has 1 aromatic rings. The summed E-state index contributed by atoms with van der Waals surface area (Å²) in [5, 5.41) is 2.91. The van der Waals surface area contributed by atoms with E-state index in [2.05, 4.69) is 15.3 Å². The summed E-state index contributed by atoms with van der Waals surface area (Å²) in [4.78, 5) is 19.2. The van der Waals surface area contributed by atoms with E-state index in [-0.39, 0.29) is 17.8 Å². The Morgan fingerprint density at radius 3 is 2.64 bits per heavy atom. The minimum atomic E-state index is -0.119. The van der Waals surface area contributed by atoms with Crippen LogP contribution in [-0.4, -0.2) is 15.9 Å². The lowest BCUT2D eigenvalue weighted by atomic mass is 10.2. The SMILES string of the molecule is Cc1cc(Cl)nc(NC(=O)C(C)C)n1. The first kappa shape index (κ1) is 10.9. The Morgan fingerprint density at radius 2 is 2.14 bits per heavy atom. The van der Waals surface area contributed by atoms with Gasteiger partial charge < -0.3 is 0 Å². The standard InChI is InChI=1S/C9H12ClN3O/c1-5(2)8(14)13-9-11-6(3)4-7(10)12-9/h4-5H,1-3H3,(H,11,12,13,14). The maximum atomic E-state index is 11.3. The largest absolute Gasteiger partial charge is 0.294 e. The lowest BCUT2D eigenvalue weighted by Gasteiger charge is -2.06. The number of nitrogens with zero attached hydrogens (tertiary/aromatic N) is 2. The van der Waals surface area contributed by atoms with E-state index in [0.717, 1.165) is 5.69 Å². The van der Waals surface area contributed by atoms with Gasteiger partial charge in [0.25, 0.3) is 0 Å². The number of hydrogen-bond donors (Lipinski definition) is 1. The van der Waals surface area contributed by atoms with E-state index >= 15 is 0 Å². The van der Waals surface area contributed by atoms with Crippen molar-refractivity contribution in [2.75, 3.05) is 5.32 Å². The zero-order valence-corrected chi connectivity index (χ0v) is 9.09. The Kier molecular flexibility index (Phi) is 3.41. The number of carbonyl (C=O) groups is 1. The van der Waals surface area contributed by atoms with Gasteiger partial charge in [0, 0.05) is 11.6 Å². The molecule has 0 saturated heterocycles. The second kappa shape index (κ2) is 4.37. The van der Waals surface area contributed by atoms with Crippen LogP contribution < -0.4 is 5.32 Å². The van der Waals surface area contributed by atoms with Crippen LogP contribution in [0.2, 0.25) is 5.15 Å². The lowest BCUT2D eigenvalue weighted by molar-refractivity contribution is -0.118. The van der Waals surface area contributed by atoms with Crippen molar-refractivity contribution in [3.63, 3.8) is 0 Å². The predicted molar refractivity (Wildman–Crippen MR) is 55.2 cm³/mol. The number of hydrogen-bond acceptors (Lipinski definition) is 3. The summed E-state index contributed by atoms with van der Waals surface area (Å²) < 4.78 is 0. The molecule has 0 bridgehead atoms. The third-order valence-electron chi connectivity index (χ3n) is 1.58. The molecule has 0 aliphatic carbocycles. The van der Waals surface area contributed by atoms with Crippen molar-refractivity contribution in [2.24, 2.45) is 5.92 Å². The summed E-state index contributed by atoms with van der Waals surface area (Å²) >= 11 is 5.71. The predicted octanol–water partition coefficient (Wildman–Crippen LogP) is 2.03. The highest BCUT2D eigenvalue weighted by Crippen LogP contribution is 2.10. The number of anilines is 1. The topological polar surface area (TPSA) is 54.9 Å². The highest BCUT2D eigenvalue weighted by molar-refractivity contribution is 6.29. The third-order valence-corrected chi connectivity index (χ3v) is 1.78. The molecule has 76 valence electrons. The third kappa shape index (κ3) is 2.96. The first-order chi connectivity index (χ1) is 6.49. The Balaban J connectivity index is 2.82. The van der Waals surface area contributed by atoms with Gasteiger partial charge >= 0.3 is 0 Å². The molecule has 14 heavy (non-hydrogen) atoms. The van der Waals surface area contributed by atoms with Crippen molar-refractivity contribution in [3.05, 3.63) is 16.9 Å². The van der Waals surface area contributed by atoms with E-state index in [9.17, 15) is 4.79 Å². The number of amides is 1. The first-order valence-corrected chi connectivity index (χ1v) is 4.69. The molecular formula is C9H12ClN3O. The van der Waals surface area contributed by atoms with Crippen molar-refractivity contribution >= 4 is 23.5 Å². The van der Waals surface area contributed by atoms with Gasteiger partial charge in [0.2, 0.25) is 11.9 Å². The average Bonchev–Trinajstić information content (AvgIpc) is 2.01. The first-order valence-electron chi connectivity index (χ1n) is 4.31. The number of nitrogens with one attached hydrogen (secondary N) is 1. The minimum absolute atomic E-state index is 0.0992. The second-order valence-electron chi connectivity index (χ2n) is 3.30. The van der Waals surface area contributed by atoms with Crippen LogP contribution in [0.1, 0.15) is 19.5 Å². The van der Waals surface area contributed by atoms with Gasteiger partial charge in [-0.3, -0.25) is 10.1 Å². The molecule has 0 aromatic carbocycles. The minimum Gasteiger partial charge on any atom is -0.294 e. The van der Waals surface area contributed by atoms with Gasteiger partial charge in [-0.25, -0.2) is 9.97 Å². The van der Waals surface area contributed by atoms with E-state index in [4.69, 9.17) is 11.6 Å². The molecule has 0 aliphatic rings. The van der Waals surface area contributed by atoms with Crippen molar-refractivity contribution in [2.45, 2.75) is 20.8 Å². The number of halogens is 1. The molecule has 0 spiro atoms. The van der Waals surface area contributed by atoms with Crippen LogP contribution in [0, 0.1) is 12.8 Å². The smallest absolute Gasteiger partial charge is 0.231 e. The summed E-state index contributed by atoms with van der Waals surface area (Å²) in [6, 6.07) is 1.63. The zero-order chi connectivity index (χ0) is 10.7. The van der Waals surface area contributed by atoms with Gasteiger partial charge in [-0.2, -0.15) is 0 Å². The van der Waals surface area contributed by atoms with Gasteiger partial charge in [-0.1, -0.05) is 25.4 Å². The van der Waals surface area contributed by atoms with Crippen LogP contribution >= 0.6 is 11.6 Å². The molecule has 0 aliphatic heterocycles. The molecule has 0 radical (unpaired) electrons. The Hall–Kier alpha value is -1.16. The molecule has 1 rings (SSSR count). The van der Waals surface area contributed by atoms with Crippen LogP contribution in [-0.2, 0) is 4.79 Å². The second-order valence-corrected chi connectivity index (χ2v) is 3.69. The molecule has 1 heterocycles. The van der Waals surface area contributed by atoms with Gasteiger partial charge in [0.05, 0.1) is 0 Å². The zero-order valence-electron chi connectivity index (χ0n) is 8.34. The fourth-order valence-corrected chi connectivity index (χ4v) is 1.08. The van der Waals surface area contributed by atoms with Gasteiger partial charge in [0.1, 0.15) is 5.15 Å². The average molecular weight is 214 g/mol. The summed E-state index contributed by atoms with van der Waals surface area (Å²) in [7, 11) is 0. The Labute approximate surface area is 87.7 Å². The van der Waals surface area contributed by atoms with Crippen LogP contribution in [0.15, 0.2) is 6.07 Å². The molecule has 0 fully saturated rings. The van der Waals surface area contributed by atoms with E-state index in [1.54, 1.807) is 26.8 Å². The summed E-state index contributed by atoms with van der Waals surface area (Å²) in [6.07, 6.45) is 0. The lowest BCUT2D eigenvalue weighted by Crippen LogP contribution is -2.19. The highest BCUT2D eigenvalue weighted by atomic mass is 35.5. The van der Waals surface area contributed by atoms with Crippen molar-refractivity contribution < 1.29 is 4.79 Å². The maximum absolute atomic E-state index is 11.3. The fourth-order valence-electron chi connectivity index (χ4n) is 0.841. The van der Waals surface area contributed by atoms with E-state index in [1.807, 2.05) is 0 Å². The Bertz CT molecular complexity index is 332. The van der Waals surface area contributed by atoms with Gasteiger partial charge in [0.15, 0.2) is 0 Å². The molecule has 0 saturated carbocycles. The Morgan fingerprint density at radius 1 is 1.50 bits per heavy atom. The van der Waals surface area contributed by atoms with Crippen LogP contribution in [0.3, 0.4) is 0 Å². The van der Waals surface area contributed by atoms with Crippen molar-refractivity contribution in [1.82, 2.24) is 9.97 Å². The maximum Gasteiger partial charge on any atom is 0.231 e. The summed E-state index contributed by atoms with van der Waals surface area (Å²) in [5.41, 5.74) is 0.726. The van der Waals surface area contributed by atoms with Gasteiger partial charge in [-0.05, 0) is 13.0 Å². The van der Waals surface area contributed by atoms with Crippen molar-refractivity contribution in [3.8, 4) is 0 Å². The molecule has 0 atom stereocenters. The molecule has 1 aromatic heterocycles. The molecule has 5 heteroatoms. The van der Waals surface area contributed by atoms with E-state index in [1.165, 1.54) is 0 Å². The number of rotatable bonds is 2. The molecular weight excluding hydrogens is 202 g/mol. The molecule has 0 unspecified atom stereocenters. The number of aryl methyl sites for hydroxylation is 1. The van der Waals surface area contributed by atoms with Crippen LogP contribution in [0.25, 0.3) is 0 Å². The van der Waals surface area contributed by atoms with E-state index < -0.39 is 0 Å². The van der Waals surface area contributed by atoms with E-state index in [0.29, 0.717) is 5.15 Å². The molecule has 4 nitrogen and oxygen atoms in total. The van der Waals surface area contributed by atoms with Crippen LogP contribution in [0.4, 0.5) is 5.95 Å². The van der Waals surface area contributed by atoms with Crippen molar-refractivity contribution in [1.29, 1.82) is 0 Å². The number of carbonyl (C=O) groups excluding carboxylic acids is 1.